The van der Waals surface area contributed by atoms with Gasteiger partial charge in [-0.05, 0) is 31.9 Å². The largest absolute Gasteiger partial charge is 0.290 e. The molecule has 2 aliphatic heterocycles. The van der Waals surface area contributed by atoms with Gasteiger partial charge >= 0.3 is 0 Å². The molecule has 23 heavy (non-hydrogen) atoms. The van der Waals surface area contributed by atoms with E-state index in [1.54, 1.807) is 13.8 Å². The maximum Gasteiger partial charge on any atom is 0.223 e. The summed E-state index contributed by atoms with van der Waals surface area (Å²) in [6, 6.07) is 10.0. The Balaban J connectivity index is 1.91. The van der Waals surface area contributed by atoms with Crippen LogP contribution in [-0.2, 0) is 0 Å². The zero-order chi connectivity index (χ0) is 16.2. The zero-order valence-electron chi connectivity index (χ0n) is 13.0. The number of nitrogens with zero attached hydrogens (tertiary/aromatic N) is 4. The van der Waals surface area contributed by atoms with Crippen LogP contribution in [0.2, 0.25) is 0 Å². The molecule has 2 aliphatic rings. The van der Waals surface area contributed by atoms with E-state index in [4.69, 9.17) is 0 Å². The van der Waals surface area contributed by atoms with E-state index >= 15 is 0 Å². The lowest BCUT2D eigenvalue weighted by atomic mass is 9.81. The summed E-state index contributed by atoms with van der Waals surface area (Å²) in [7, 11) is 0. The fourth-order valence-corrected chi connectivity index (χ4v) is 4.21. The number of Topliss-reactive ketones (excluding diaryl/α,β-unsaturated/α-hetero) is 1. The number of azo groups is 1. The summed E-state index contributed by atoms with van der Waals surface area (Å²) in [6.07, 6.45) is 0. The van der Waals surface area contributed by atoms with E-state index in [2.05, 4.69) is 20.4 Å². The number of benzene rings is 1. The molecule has 0 N–H and O–H groups in total. The van der Waals surface area contributed by atoms with Crippen LogP contribution in [0.1, 0.15) is 29.8 Å². The summed E-state index contributed by atoms with van der Waals surface area (Å²) >= 11 is 1.50. The summed E-state index contributed by atoms with van der Waals surface area (Å²) in [4.78, 5) is 14.3. The minimum absolute atomic E-state index is 0.0709. The van der Waals surface area contributed by atoms with E-state index in [1.807, 2.05) is 37.3 Å². The van der Waals surface area contributed by atoms with Gasteiger partial charge in [-0.1, -0.05) is 30.3 Å². The first kappa shape index (κ1) is 14.1. The van der Waals surface area contributed by atoms with Crippen molar-refractivity contribution in [3.63, 3.8) is 0 Å². The first-order chi connectivity index (χ1) is 11.1. The van der Waals surface area contributed by atoms with E-state index in [1.165, 1.54) is 11.3 Å². The van der Waals surface area contributed by atoms with E-state index in [9.17, 15) is 4.79 Å². The summed E-state index contributed by atoms with van der Waals surface area (Å²) in [5.41, 5.74) is 2.72. The Morgan fingerprint density at radius 1 is 1.00 bits per heavy atom. The molecule has 0 bridgehead atoms. The summed E-state index contributed by atoms with van der Waals surface area (Å²) in [5, 5.41) is 17.4. The zero-order valence-corrected chi connectivity index (χ0v) is 13.8. The highest BCUT2D eigenvalue weighted by Gasteiger charge is 2.52. The Morgan fingerprint density at radius 2 is 1.65 bits per heavy atom. The average Bonchev–Trinajstić information content (AvgIpc) is 3.04. The second-order valence-corrected chi connectivity index (χ2v) is 6.71. The lowest BCUT2D eigenvalue weighted by Crippen LogP contribution is -2.48. The van der Waals surface area contributed by atoms with Crippen molar-refractivity contribution in [2.45, 2.75) is 26.3 Å². The normalized spacial score (nSPS) is 18.1. The minimum atomic E-state index is -1.13. The van der Waals surface area contributed by atoms with E-state index in [0.29, 0.717) is 22.0 Å². The molecule has 4 rings (SSSR count). The van der Waals surface area contributed by atoms with Gasteiger partial charge in [-0.3, -0.25) is 4.79 Å². The highest BCUT2D eigenvalue weighted by atomic mass is 32.1. The minimum Gasteiger partial charge on any atom is -0.290 e. The fraction of sp³-hybridized carbons (Fsp3) is 0.235. The molecule has 0 unspecified atom stereocenters. The van der Waals surface area contributed by atoms with Crippen LogP contribution in [0.3, 0.4) is 0 Å². The Labute approximate surface area is 137 Å². The second-order valence-electron chi connectivity index (χ2n) is 5.71. The third-order valence-corrected chi connectivity index (χ3v) is 5.63. The molecule has 0 saturated heterocycles. The van der Waals surface area contributed by atoms with Gasteiger partial charge in [-0.25, -0.2) is 0 Å². The van der Waals surface area contributed by atoms with Crippen LogP contribution in [0.4, 0.5) is 5.00 Å². The van der Waals surface area contributed by atoms with Crippen molar-refractivity contribution in [3.8, 4) is 10.4 Å². The van der Waals surface area contributed by atoms with Gasteiger partial charge in [-0.15, -0.1) is 16.5 Å². The van der Waals surface area contributed by atoms with E-state index < -0.39 is 5.54 Å². The van der Waals surface area contributed by atoms with Crippen LogP contribution >= 0.6 is 11.3 Å². The van der Waals surface area contributed by atoms with Crippen molar-refractivity contribution < 1.29 is 4.79 Å². The highest BCUT2D eigenvalue weighted by molar-refractivity contribution is 7.19. The Bertz CT molecular complexity index is 904. The van der Waals surface area contributed by atoms with Crippen molar-refractivity contribution in [1.82, 2.24) is 0 Å². The molecule has 1 aromatic heterocycles. The molecule has 0 saturated carbocycles. The number of ketones is 1. The van der Waals surface area contributed by atoms with Gasteiger partial charge in [0, 0.05) is 4.88 Å². The number of rotatable bonds is 1. The predicted molar refractivity (Wildman–Crippen MR) is 92.3 cm³/mol. The van der Waals surface area contributed by atoms with E-state index in [-0.39, 0.29) is 5.78 Å². The molecule has 0 amide bonds. The SMILES string of the molecule is CC1=NN=C(C)C12N=Nc1sc(-c3ccccc3)c(C)c1C2=O. The third-order valence-electron chi connectivity index (χ3n) is 4.41. The summed E-state index contributed by atoms with van der Waals surface area (Å²) < 4.78 is 0. The van der Waals surface area contributed by atoms with Crippen molar-refractivity contribution in [1.29, 1.82) is 0 Å². The fourth-order valence-electron chi connectivity index (χ4n) is 3.08. The van der Waals surface area contributed by atoms with Gasteiger partial charge in [0.25, 0.3) is 0 Å². The van der Waals surface area contributed by atoms with Gasteiger partial charge in [0.2, 0.25) is 11.3 Å². The maximum absolute atomic E-state index is 13.2. The molecule has 0 radical (unpaired) electrons. The Morgan fingerprint density at radius 3 is 2.30 bits per heavy atom. The molecule has 1 aromatic carbocycles. The standard InChI is InChI=1S/C17H14N4OS/c1-9-13-15(22)17(10(2)18-19-11(17)3)21-20-16(13)23-14(9)12-7-5-4-6-8-12/h4-8H,1-3H3. The van der Waals surface area contributed by atoms with Gasteiger partial charge in [0.05, 0.1) is 17.0 Å². The third kappa shape index (κ3) is 1.75. The molecule has 0 fully saturated rings. The van der Waals surface area contributed by atoms with Crippen LogP contribution in [0.15, 0.2) is 50.8 Å². The van der Waals surface area contributed by atoms with Gasteiger partial charge < -0.3 is 0 Å². The van der Waals surface area contributed by atoms with Gasteiger partial charge in [-0.2, -0.15) is 15.3 Å². The predicted octanol–water partition coefficient (Wildman–Crippen LogP) is 4.59. The number of hydrogen-bond donors (Lipinski definition) is 0. The molecule has 114 valence electrons. The summed E-state index contributed by atoms with van der Waals surface area (Å²) in [6.45, 7) is 5.53. The molecular weight excluding hydrogens is 308 g/mol. The van der Waals surface area contributed by atoms with Gasteiger partial charge in [0.15, 0.2) is 0 Å². The van der Waals surface area contributed by atoms with Crippen LogP contribution in [0.25, 0.3) is 10.4 Å². The topological polar surface area (TPSA) is 66.5 Å². The van der Waals surface area contributed by atoms with Crippen molar-refractivity contribution >= 4 is 33.5 Å². The average molecular weight is 322 g/mol. The van der Waals surface area contributed by atoms with Crippen LogP contribution < -0.4 is 0 Å². The van der Waals surface area contributed by atoms with Gasteiger partial charge in [0.1, 0.15) is 5.00 Å². The van der Waals surface area contributed by atoms with Crippen LogP contribution in [0, 0.1) is 6.92 Å². The molecule has 6 heteroatoms. The molecule has 1 spiro atoms. The van der Waals surface area contributed by atoms with Crippen LogP contribution in [0.5, 0.6) is 0 Å². The summed E-state index contributed by atoms with van der Waals surface area (Å²) in [5.74, 6) is -0.0709. The van der Waals surface area contributed by atoms with Crippen LogP contribution in [-0.4, -0.2) is 22.7 Å². The highest BCUT2D eigenvalue weighted by Crippen LogP contribution is 2.47. The number of carbonyl (C=O) groups excluding carboxylic acids is 1. The first-order valence-electron chi connectivity index (χ1n) is 7.32. The van der Waals surface area contributed by atoms with Crippen molar-refractivity contribution in [2.24, 2.45) is 20.4 Å². The molecule has 2 aromatic rings. The first-order valence-corrected chi connectivity index (χ1v) is 8.13. The number of hydrogen-bond acceptors (Lipinski definition) is 6. The molecule has 3 heterocycles. The Kier molecular flexibility index (Phi) is 2.93. The maximum atomic E-state index is 13.2. The molecular formula is C17H14N4OS. The monoisotopic (exact) mass is 322 g/mol. The number of carbonyl (C=O) groups is 1. The second kappa shape index (κ2) is 4.76. The van der Waals surface area contributed by atoms with E-state index in [0.717, 1.165) is 16.0 Å². The lowest BCUT2D eigenvalue weighted by molar-refractivity contribution is 0.0959. The number of fused-ring (bicyclic) bond motifs is 1. The Hall–Kier alpha value is -2.47. The molecule has 0 aliphatic carbocycles. The lowest BCUT2D eigenvalue weighted by Gasteiger charge is -2.25. The quantitative estimate of drug-likeness (QED) is 0.757. The smallest absolute Gasteiger partial charge is 0.223 e. The molecule has 0 atom stereocenters. The number of thiophene rings is 1. The van der Waals surface area contributed by atoms with Crippen molar-refractivity contribution in [2.75, 3.05) is 0 Å². The molecule has 5 nitrogen and oxygen atoms in total. The van der Waals surface area contributed by atoms with Crippen molar-refractivity contribution in [3.05, 3.63) is 41.5 Å².